The number of nitrogens with one attached hydrogen (secondary N) is 1. The van der Waals surface area contributed by atoms with Crippen LogP contribution in [0.25, 0.3) is 0 Å². The number of carboxylic acids is 1. The number of carbonyl (C=O) groups is 2. The van der Waals surface area contributed by atoms with Crippen LogP contribution in [0.5, 0.6) is 5.75 Å². The van der Waals surface area contributed by atoms with Crippen molar-refractivity contribution in [3.8, 4) is 5.75 Å². The number of hydrogen-bond acceptors (Lipinski definition) is 5. The SMILES string of the molecule is CC(COc1ccc(S(=O)(=O)c2ccc(C(=O)O)cc2)cc1)NC(=O)C(F)(F)F. The van der Waals surface area contributed by atoms with Gasteiger partial charge in [0.1, 0.15) is 12.4 Å². The van der Waals surface area contributed by atoms with Gasteiger partial charge in [-0.25, -0.2) is 13.2 Å². The maximum atomic E-state index is 12.6. The molecule has 7 nitrogen and oxygen atoms in total. The van der Waals surface area contributed by atoms with E-state index in [0.717, 1.165) is 0 Å². The Bertz CT molecular complexity index is 986. The number of hydrogen-bond donors (Lipinski definition) is 2. The summed E-state index contributed by atoms with van der Waals surface area (Å²) in [5.41, 5.74) is -0.0561. The third-order valence-electron chi connectivity index (χ3n) is 3.68. The smallest absolute Gasteiger partial charge is 0.471 e. The Balaban J connectivity index is 2.04. The molecule has 0 aliphatic carbocycles. The van der Waals surface area contributed by atoms with Gasteiger partial charge in [-0.2, -0.15) is 13.2 Å². The van der Waals surface area contributed by atoms with Crippen LogP contribution in [0.4, 0.5) is 13.2 Å². The summed E-state index contributed by atoms with van der Waals surface area (Å²) in [5, 5.41) is 10.6. The number of amides is 1. The van der Waals surface area contributed by atoms with Crippen molar-refractivity contribution >= 4 is 21.7 Å². The first-order chi connectivity index (χ1) is 13.4. The Morgan fingerprint density at radius 2 is 1.52 bits per heavy atom. The lowest BCUT2D eigenvalue weighted by Crippen LogP contribution is -2.44. The fourth-order valence-corrected chi connectivity index (χ4v) is 3.46. The maximum Gasteiger partial charge on any atom is 0.471 e. The molecule has 2 aromatic rings. The van der Waals surface area contributed by atoms with E-state index in [1.54, 1.807) is 5.32 Å². The monoisotopic (exact) mass is 431 g/mol. The van der Waals surface area contributed by atoms with Gasteiger partial charge in [0.05, 0.1) is 21.4 Å². The van der Waals surface area contributed by atoms with Gasteiger partial charge < -0.3 is 15.2 Å². The van der Waals surface area contributed by atoms with E-state index in [1.807, 2.05) is 0 Å². The van der Waals surface area contributed by atoms with E-state index in [-0.39, 0.29) is 27.7 Å². The molecule has 156 valence electrons. The fraction of sp³-hybridized carbons (Fsp3) is 0.222. The summed E-state index contributed by atoms with van der Waals surface area (Å²) in [6.45, 7) is 1.06. The molecule has 29 heavy (non-hydrogen) atoms. The molecule has 0 heterocycles. The van der Waals surface area contributed by atoms with E-state index in [1.165, 1.54) is 55.5 Å². The van der Waals surface area contributed by atoms with E-state index < -0.39 is 33.9 Å². The molecule has 1 unspecified atom stereocenters. The quantitative estimate of drug-likeness (QED) is 0.698. The van der Waals surface area contributed by atoms with Crippen LogP contribution in [0.3, 0.4) is 0 Å². The van der Waals surface area contributed by atoms with Gasteiger partial charge in [0.15, 0.2) is 0 Å². The number of halogens is 3. The second-order valence-corrected chi connectivity index (χ2v) is 7.94. The minimum absolute atomic E-state index is 0.0561. The van der Waals surface area contributed by atoms with Crippen molar-refractivity contribution in [3.05, 3.63) is 54.1 Å². The van der Waals surface area contributed by atoms with Crippen molar-refractivity contribution in [2.75, 3.05) is 6.61 Å². The van der Waals surface area contributed by atoms with Crippen LogP contribution in [0.2, 0.25) is 0 Å². The first-order valence-electron chi connectivity index (χ1n) is 8.10. The third kappa shape index (κ3) is 5.70. The van der Waals surface area contributed by atoms with Crippen LogP contribution >= 0.6 is 0 Å². The molecule has 2 rings (SSSR count). The number of benzene rings is 2. The lowest BCUT2D eigenvalue weighted by atomic mass is 10.2. The highest BCUT2D eigenvalue weighted by molar-refractivity contribution is 7.91. The van der Waals surface area contributed by atoms with Crippen LogP contribution in [-0.4, -0.2) is 44.2 Å². The van der Waals surface area contributed by atoms with Gasteiger partial charge in [-0.05, 0) is 55.5 Å². The molecule has 0 spiro atoms. The molecule has 0 aliphatic heterocycles. The summed E-state index contributed by atoms with van der Waals surface area (Å²) in [6, 6.07) is 8.88. The van der Waals surface area contributed by atoms with Crippen LogP contribution < -0.4 is 10.1 Å². The Labute approximate surface area is 164 Å². The fourth-order valence-electron chi connectivity index (χ4n) is 2.20. The van der Waals surface area contributed by atoms with Gasteiger partial charge >= 0.3 is 18.1 Å². The largest absolute Gasteiger partial charge is 0.491 e. The summed E-state index contributed by atoms with van der Waals surface area (Å²) in [5.74, 6) is -3.07. The minimum Gasteiger partial charge on any atom is -0.491 e. The van der Waals surface area contributed by atoms with E-state index in [4.69, 9.17) is 9.84 Å². The molecule has 0 aromatic heterocycles. The predicted molar refractivity (Wildman–Crippen MR) is 94.4 cm³/mol. The summed E-state index contributed by atoms with van der Waals surface area (Å²) in [4.78, 5) is 21.5. The normalized spacial score (nSPS) is 12.8. The molecule has 0 saturated heterocycles. The summed E-state index contributed by atoms with van der Waals surface area (Å²) in [7, 11) is -3.89. The number of ether oxygens (including phenoxy) is 1. The van der Waals surface area contributed by atoms with Gasteiger partial charge in [0, 0.05) is 0 Å². The first kappa shape index (κ1) is 22.2. The van der Waals surface area contributed by atoms with Crippen LogP contribution in [-0.2, 0) is 14.6 Å². The van der Waals surface area contributed by atoms with Gasteiger partial charge in [-0.1, -0.05) is 0 Å². The molecule has 2 N–H and O–H groups in total. The number of alkyl halides is 3. The zero-order valence-electron chi connectivity index (χ0n) is 14.9. The number of aromatic carboxylic acids is 1. The van der Waals surface area contributed by atoms with E-state index >= 15 is 0 Å². The lowest BCUT2D eigenvalue weighted by Gasteiger charge is -2.16. The van der Waals surface area contributed by atoms with Gasteiger partial charge in [0.25, 0.3) is 0 Å². The lowest BCUT2D eigenvalue weighted by molar-refractivity contribution is -0.174. The van der Waals surface area contributed by atoms with Crippen LogP contribution in [0, 0.1) is 0 Å². The molecule has 1 amide bonds. The highest BCUT2D eigenvalue weighted by Crippen LogP contribution is 2.23. The molecule has 0 fully saturated rings. The first-order valence-corrected chi connectivity index (χ1v) is 9.58. The van der Waals surface area contributed by atoms with Crippen molar-refractivity contribution in [1.82, 2.24) is 5.32 Å². The van der Waals surface area contributed by atoms with Crippen LogP contribution in [0.1, 0.15) is 17.3 Å². The molecule has 0 saturated carbocycles. The van der Waals surface area contributed by atoms with Crippen molar-refractivity contribution in [2.45, 2.75) is 28.9 Å². The Morgan fingerprint density at radius 3 is 1.97 bits per heavy atom. The average molecular weight is 431 g/mol. The Morgan fingerprint density at radius 1 is 1.03 bits per heavy atom. The zero-order chi connectivity index (χ0) is 21.8. The number of sulfone groups is 1. The number of carboxylic acid groups (broad SMARTS) is 1. The molecular formula is C18H16F3NO6S. The second kappa shape index (κ2) is 8.52. The Hall–Kier alpha value is -3.08. The summed E-state index contributed by atoms with van der Waals surface area (Å²) in [6.07, 6.45) is -4.99. The van der Waals surface area contributed by atoms with Crippen molar-refractivity contribution in [2.24, 2.45) is 0 Å². The third-order valence-corrected chi connectivity index (χ3v) is 5.47. The molecule has 11 heteroatoms. The molecule has 2 aromatic carbocycles. The van der Waals surface area contributed by atoms with Crippen LogP contribution in [0.15, 0.2) is 58.3 Å². The highest BCUT2D eigenvalue weighted by Gasteiger charge is 2.39. The van der Waals surface area contributed by atoms with Gasteiger partial charge in [-0.15, -0.1) is 0 Å². The number of carbonyl (C=O) groups excluding carboxylic acids is 1. The van der Waals surface area contributed by atoms with Gasteiger partial charge in [-0.3, -0.25) is 4.79 Å². The van der Waals surface area contributed by atoms with E-state index in [0.29, 0.717) is 0 Å². The Kier molecular flexibility index (Phi) is 6.52. The molecule has 0 bridgehead atoms. The molecular weight excluding hydrogens is 415 g/mol. The molecule has 0 radical (unpaired) electrons. The van der Waals surface area contributed by atoms with E-state index in [9.17, 15) is 31.2 Å². The summed E-state index contributed by atoms with van der Waals surface area (Å²) >= 11 is 0. The van der Waals surface area contributed by atoms with Crippen molar-refractivity contribution < 1.29 is 41.0 Å². The predicted octanol–water partition coefficient (Wildman–Crippen LogP) is 2.66. The second-order valence-electron chi connectivity index (χ2n) is 5.99. The maximum absolute atomic E-state index is 12.6. The zero-order valence-corrected chi connectivity index (χ0v) is 15.8. The highest BCUT2D eigenvalue weighted by atomic mass is 32.2. The number of rotatable bonds is 7. The minimum atomic E-state index is -4.99. The summed E-state index contributed by atoms with van der Waals surface area (Å²) < 4.78 is 67.0. The van der Waals surface area contributed by atoms with Crippen molar-refractivity contribution in [1.29, 1.82) is 0 Å². The average Bonchev–Trinajstić information content (AvgIpc) is 2.66. The molecule has 0 aliphatic rings. The standard InChI is InChI=1S/C18H16F3NO6S/c1-11(22-17(25)18(19,20)21)10-28-13-4-8-15(9-5-13)29(26,27)14-6-2-12(3-7-14)16(23)24/h2-9,11H,10H2,1H3,(H,22,25)(H,23,24). The van der Waals surface area contributed by atoms with E-state index in [2.05, 4.69) is 0 Å². The topological polar surface area (TPSA) is 110 Å². The molecule has 1 atom stereocenters. The van der Waals surface area contributed by atoms with Crippen molar-refractivity contribution in [3.63, 3.8) is 0 Å². The van der Waals surface area contributed by atoms with Gasteiger partial charge in [0.2, 0.25) is 9.84 Å².